The van der Waals surface area contributed by atoms with Gasteiger partial charge in [-0.25, -0.2) is 0 Å². The summed E-state index contributed by atoms with van der Waals surface area (Å²) in [4.78, 5) is 14.8. The number of anilines is 1. The zero-order valence-corrected chi connectivity index (χ0v) is 18.6. The maximum Gasteiger partial charge on any atom is 0.276 e. The van der Waals surface area contributed by atoms with Gasteiger partial charge in [0.05, 0.1) is 10.6 Å². The Balaban J connectivity index is 1.68. The number of hydrazone groups is 1. The average molecular weight is 478 g/mol. The Hall–Kier alpha value is -2.19. The number of hydrogen-bond acceptors (Lipinski definition) is 4. The van der Waals surface area contributed by atoms with E-state index in [0.29, 0.717) is 11.4 Å². The second kappa shape index (κ2) is 9.54. The van der Waals surface area contributed by atoms with Gasteiger partial charge in [0.15, 0.2) is 0 Å². The Morgan fingerprint density at radius 2 is 1.76 bits per heavy atom. The highest BCUT2D eigenvalue weighted by molar-refractivity contribution is 9.10. The van der Waals surface area contributed by atoms with Gasteiger partial charge in [-0.1, -0.05) is 47.3 Å². The molecule has 2 aromatic carbocycles. The number of rotatable bonds is 6. The van der Waals surface area contributed by atoms with E-state index >= 15 is 0 Å². The van der Waals surface area contributed by atoms with Crippen molar-refractivity contribution in [1.82, 2.24) is 4.83 Å². The van der Waals surface area contributed by atoms with E-state index in [4.69, 9.17) is 0 Å². The molecule has 8 heteroatoms. The summed E-state index contributed by atoms with van der Waals surface area (Å²) in [6.07, 6.45) is 5.27. The first-order chi connectivity index (χ1) is 13.8. The molecule has 1 amide bonds. The lowest BCUT2D eigenvalue weighted by Gasteiger charge is -2.20. The predicted molar refractivity (Wildman–Crippen MR) is 118 cm³/mol. The average Bonchev–Trinajstić information content (AvgIpc) is 2.73. The minimum Gasteiger partial charge on any atom is -0.326 e. The van der Waals surface area contributed by atoms with E-state index in [1.165, 1.54) is 18.6 Å². The largest absolute Gasteiger partial charge is 0.326 e. The van der Waals surface area contributed by atoms with Gasteiger partial charge in [0, 0.05) is 16.1 Å². The molecular formula is C21H24BrN3O3S. The standard InChI is InChI=1S/C21H24BrN3O3S/c1-15(24-25-29(27,28)20-12-10-18(22)11-13-20)17-8-5-9-19(14-17)23-21(26)16-6-3-2-4-7-16/h5,8-14,16,25H,2-4,6-7H2,1H3,(H,23,26)/b24-15-. The smallest absolute Gasteiger partial charge is 0.276 e. The van der Waals surface area contributed by atoms with E-state index in [9.17, 15) is 13.2 Å². The van der Waals surface area contributed by atoms with E-state index in [1.807, 2.05) is 18.2 Å². The third kappa shape index (κ3) is 5.90. The normalized spacial score (nSPS) is 15.7. The molecule has 2 aromatic rings. The number of hydrogen-bond donors (Lipinski definition) is 2. The molecule has 0 atom stereocenters. The van der Waals surface area contributed by atoms with Gasteiger partial charge in [0.25, 0.3) is 10.0 Å². The fourth-order valence-corrected chi connectivity index (χ4v) is 4.41. The molecule has 0 spiro atoms. The Morgan fingerprint density at radius 3 is 2.45 bits per heavy atom. The van der Waals surface area contributed by atoms with Crippen LogP contribution in [0.5, 0.6) is 0 Å². The maximum atomic E-state index is 12.5. The highest BCUT2D eigenvalue weighted by atomic mass is 79.9. The lowest BCUT2D eigenvalue weighted by atomic mass is 9.88. The molecule has 6 nitrogen and oxygen atoms in total. The fourth-order valence-electron chi connectivity index (χ4n) is 3.29. The second-order valence-corrected chi connectivity index (χ2v) is 9.73. The molecule has 1 fully saturated rings. The molecule has 0 heterocycles. The fraction of sp³-hybridized carbons (Fsp3) is 0.333. The van der Waals surface area contributed by atoms with E-state index in [0.717, 1.165) is 35.7 Å². The number of sulfonamides is 1. The molecule has 1 aliphatic rings. The highest BCUT2D eigenvalue weighted by Crippen LogP contribution is 2.25. The molecule has 3 rings (SSSR count). The first-order valence-corrected chi connectivity index (χ1v) is 11.9. The summed E-state index contributed by atoms with van der Waals surface area (Å²) >= 11 is 3.28. The molecule has 0 bridgehead atoms. The summed E-state index contributed by atoms with van der Waals surface area (Å²) in [6, 6.07) is 13.6. The van der Waals surface area contributed by atoms with Gasteiger partial charge in [0.2, 0.25) is 5.91 Å². The molecule has 29 heavy (non-hydrogen) atoms. The number of nitrogens with zero attached hydrogens (tertiary/aromatic N) is 1. The van der Waals surface area contributed by atoms with Crippen LogP contribution in [0.15, 0.2) is 63.0 Å². The van der Waals surface area contributed by atoms with Gasteiger partial charge < -0.3 is 5.32 Å². The first kappa shape index (κ1) is 21.5. The lowest BCUT2D eigenvalue weighted by Crippen LogP contribution is -2.24. The van der Waals surface area contributed by atoms with E-state index in [2.05, 4.69) is 31.2 Å². The molecule has 0 radical (unpaired) electrons. The SMILES string of the molecule is C/C(=N/NS(=O)(=O)c1ccc(Br)cc1)c1cccc(NC(=O)C2CCCCC2)c1. The Bertz CT molecular complexity index is 998. The first-order valence-electron chi connectivity index (χ1n) is 9.58. The molecular weight excluding hydrogens is 454 g/mol. The van der Waals surface area contributed by atoms with Crippen LogP contribution in [0.3, 0.4) is 0 Å². The van der Waals surface area contributed by atoms with Crippen molar-refractivity contribution in [1.29, 1.82) is 0 Å². The number of halogens is 1. The van der Waals surface area contributed by atoms with Crippen LogP contribution in [-0.2, 0) is 14.8 Å². The number of carbonyl (C=O) groups is 1. The molecule has 0 saturated heterocycles. The topological polar surface area (TPSA) is 87.6 Å². The summed E-state index contributed by atoms with van der Waals surface area (Å²) in [6.45, 7) is 1.71. The van der Waals surface area contributed by atoms with Crippen molar-refractivity contribution < 1.29 is 13.2 Å². The van der Waals surface area contributed by atoms with Crippen molar-refractivity contribution in [3.63, 3.8) is 0 Å². The molecule has 1 aliphatic carbocycles. The van der Waals surface area contributed by atoms with Gasteiger partial charge in [-0.3, -0.25) is 4.79 Å². The van der Waals surface area contributed by atoms with Gasteiger partial charge in [-0.2, -0.15) is 18.4 Å². The summed E-state index contributed by atoms with van der Waals surface area (Å²) in [5.41, 5.74) is 1.91. The number of nitrogens with one attached hydrogen (secondary N) is 2. The summed E-state index contributed by atoms with van der Waals surface area (Å²) < 4.78 is 25.5. The monoisotopic (exact) mass is 477 g/mol. The van der Waals surface area contributed by atoms with E-state index in [1.54, 1.807) is 25.1 Å². The minimum atomic E-state index is -3.75. The molecule has 0 unspecified atom stereocenters. The van der Waals surface area contributed by atoms with Crippen molar-refractivity contribution >= 4 is 43.3 Å². The van der Waals surface area contributed by atoms with Crippen LogP contribution in [0.4, 0.5) is 5.69 Å². The minimum absolute atomic E-state index is 0.0485. The zero-order valence-electron chi connectivity index (χ0n) is 16.2. The third-order valence-electron chi connectivity index (χ3n) is 4.98. The molecule has 154 valence electrons. The molecule has 0 aliphatic heterocycles. The highest BCUT2D eigenvalue weighted by Gasteiger charge is 2.21. The van der Waals surface area contributed by atoms with E-state index < -0.39 is 10.0 Å². The Kier molecular flexibility index (Phi) is 7.08. The van der Waals surface area contributed by atoms with Crippen LogP contribution < -0.4 is 10.1 Å². The summed E-state index contributed by atoms with van der Waals surface area (Å²) in [5, 5.41) is 7.00. The van der Waals surface area contributed by atoms with Crippen LogP contribution in [0.2, 0.25) is 0 Å². The van der Waals surface area contributed by atoms with Crippen LogP contribution in [0.1, 0.15) is 44.6 Å². The van der Waals surface area contributed by atoms with Crippen LogP contribution in [-0.4, -0.2) is 20.0 Å². The third-order valence-corrected chi connectivity index (χ3v) is 6.73. The van der Waals surface area contributed by atoms with Gasteiger partial charge in [0.1, 0.15) is 0 Å². The van der Waals surface area contributed by atoms with Gasteiger partial charge in [-0.05, 0) is 61.7 Å². The van der Waals surface area contributed by atoms with Crippen molar-refractivity contribution in [3.05, 3.63) is 58.6 Å². The molecule has 2 N–H and O–H groups in total. The number of benzene rings is 2. The summed E-state index contributed by atoms with van der Waals surface area (Å²) in [7, 11) is -3.75. The van der Waals surface area contributed by atoms with Crippen molar-refractivity contribution in [3.8, 4) is 0 Å². The molecule has 1 saturated carbocycles. The number of carbonyl (C=O) groups excluding carboxylic acids is 1. The Morgan fingerprint density at radius 1 is 1.07 bits per heavy atom. The lowest BCUT2D eigenvalue weighted by molar-refractivity contribution is -0.120. The Labute approximate surface area is 180 Å². The second-order valence-electron chi connectivity index (χ2n) is 7.15. The van der Waals surface area contributed by atoms with Crippen molar-refractivity contribution in [2.45, 2.75) is 43.9 Å². The molecule has 0 aromatic heterocycles. The quantitative estimate of drug-likeness (QED) is 0.467. The maximum absolute atomic E-state index is 12.5. The van der Waals surface area contributed by atoms with E-state index in [-0.39, 0.29) is 16.7 Å². The van der Waals surface area contributed by atoms with Crippen LogP contribution in [0, 0.1) is 5.92 Å². The van der Waals surface area contributed by atoms with Crippen LogP contribution >= 0.6 is 15.9 Å². The van der Waals surface area contributed by atoms with Crippen LogP contribution in [0.25, 0.3) is 0 Å². The van der Waals surface area contributed by atoms with Gasteiger partial charge in [-0.15, -0.1) is 0 Å². The predicted octanol–water partition coefficient (Wildman–Crippen LogP) is 4.67. The van der Waals surface area contributed by atoms with Crippen molar-refractivity contribution in [2.75, 3.05) is 5.32 Å². The number of amides is 1. The van der Waals surface area contributed by atoms with Gasteiger partial charge >= 0.3 is 0 Å². The summed E-state index contributed by atoms with van der Waals surface area (Å²) in [5.74, 6) is 0.118. The van der Waals surface area contributed by atoms with Crippen molar-refractivity contribution in [2.24, 2.45) is 11.0 Å². The zero-order chi connectivity index (χ0) is 20.9.